The van der Waals surface area contributed by atoms with Crippen molar-refractivity contribution in [3.8, 4) is 0 Å². The molecular weight excluding hydrogens is 274 g/mol. The van der Waals surface area contributed by atoms with Gasteiger partial charge in [-0.1, -0.05) is 29.8 Å². The number of nitrogens with zero attached hydrogens (tertiary/aromatic N) is 1. The van der Waals surface area contributed by atoms with Crippen LogP contribution in [0.15, 0.2) is 42.5 Å². The molecule has 1 aliphatic carbocycles. The molecule has 2 aromatic rings. The minimum atomic E-state index is -0.447. The summed E-state index contributed by atoms with van der Waals surface area (Å²) in [6.45, 7) is 0. The van der Waals surface area contributed by atoms with E-state index in [0.717, 1.165) is 18.4 Å². The lowest BCUT2D eigenvalue weighted by Crippen LogP contribution is -2.28. The van der Waals surface area contributed by atoms with Crippen molar-refractivity contribution < 1.29 is 4.79 Å². The second-order valence-electron chi connectivity index (χ2n) is 5.00. The monoisotopic (exact) mass is 287 g/mol. The van der Waals surface area contributed by atoms with E-state index in [4.69, 9.17) is 17.3 Å². The first-order valence-electron chi connectivity index (χ1n) is 6.40. The number of hydrogen-bond donors (Lipinski definition) is 2. The number of nitrogen functional groups attached to an aromatic ring is 1. The Hall–Kier alpha value is -2.07. The highest BCUT2D eigenvalue weighted by molar-refractivity contribution is 6.29. The maximum absolute atomic E-state index is 12.5. The molecule has 3 rings (SSSR count). The van der Waals surface area contributed by atoms with Gasteiger partial charge in [-0.15, -0.1) is 0 Å². The molecule has 0 radical (unpaired) electrons. The minimum absolute atomic E-state index is 0.0444. The second kappa shape index (κ2) is 4.80. The third kappa shape index (κ3) is 2.34. The van der Waals surface area contributed by atoms with Crippen molar-refractivity contribution in [1.29, 1.82) is 0 Å². The fraction of sp³-hybridized carbons (Fsp3) is 0.200. The molecule has 3 N–H and O–H groups in total. The zero-order valence-electron chi connectivity index (χ0n) is 10.8. The summed E-state index contributed by atoms with van der Waals surface area (Å²) in [7, 11) is 0. The van der Waals surface area contributed by atoms with Crippen LogP contribution >= 0.6 is 11.6 Å². The third-order valence-electron chi connectivity index (χ3n) is 3.60. The number of halogens is 1. The summed E-state index contributed by atoms with van der Waals surface area (Å²) in [6.07, 6.45) is 1.67. The fourth-order valence-electron chi connectivity index (χ4n) is 2.29. The Labute approximate surface area is 122 Å². The van der Waals surface area contributed by atoms with E-state index in [2.05, 4.69) is 10.3 Å². The number of rotatable bonds is 3. The quantitative estimate of drug-likeness (QED) is 0.673. The molecule has 1 heterocycles. The second-order valence-corrected chi connectivity index (χ2v) is 5.39. The maximum Gasteiger partial charge on any atom is 0.236 e. The van der Waals surface area contributed by atoms with Crippen LogP contribution < -0.4 is 11.1 Å². The molecule has 0 atom stereocenters. The Balaban J connectivity index is 1.81. The Morgan fingerprint density at radius 2 is 1.90 bits per heavy atom. The molecule has 0 saturated heterocycles. The van der Waals surface area contributed by atoms with Crippen LogP contribution in [0.3, 0.4) is 0 Å². The number of amides is 1. The van der Waals surface area contributed by atoms with E-state index in [-0.39, 0.29) is 5.91 Å². The smallest absolute Gasteiger partial charge is 0.236 e. The number of carbonyl (C=O) groups excluding carboxylic acids is 1. The van der Waals surface area contributed by atoms with Gasteiger partial charge in [0, 0.05) is 5.69 Å². The average Bonchev–Trinajstić information content (AvgIpc) is 3.21. The number of carbonyl (C=O) groups is 1. The fourth-order valence-corrected chi connectivity index (χ4v) is 2.45. The van der Waals surface area contributed by atoms with Crippen LogP contribution in [0.4, 0.5) is 11.5 Å². The summed E-state index contributed by atoms with van der Waals surface area (Å²) in [5, 5.41) is 3.19. The summed E-state index contributed by atoms with van der Waals surface area (Å²) in [4.78, 5) is 16.5. The summed E-state index contributed by atoms with van der Waals surface area (Å²) >= 11 is 5.82. The summed E-state index contributed by atoms with van der Waals surface area (Å²) in [6, 6.07) is 12.6. The molecule has 5 heteroatoms. The molecule has 0 unspecified atom stereocenters. The van der Waals surface area contributed by atoms with Crippen molar-refractivity contribution in [2.75, 3.05) is 11.1 Å². The van der Waals surface area contributed by atoms with Crippen molar-refractivity contribution in [2.45, 2.75) is 18.3 Å². The van der Waals surface area contributed by atoms with Gasteiger partial charge >= 0.3 is 0 Å². The average molecular weight is 288 g/mol. The molecule has 1 aromatic carbocycles. The van der Waals surface area contributed by atoms with Crippen molar-refractivity contribution >= 4 is 29.0 Å². The number of nitrogens with two attached hydrogens (primary N) is 1. The van der Waals surface area contributed by atoms with E-state index >= 15 is 0 Å². The molecule has 1 aromatic heterocycles. The largest absolute Gasteiger partial charge is 0.399 e. The standard InChI is InChI=1S/C15H14ClN3O/c16-12-2-1-3-13(18-12)19-14(20)15(8-9-15)10-4-6-11(17)7-5-10/h1-7H,8-9,17H2,(H,18,19,20). The van der Waals surface area contributed by atoms with Gasteiger partial charge in [0.15, 0.2) is 0 Å². The van der Waals surface area contributed by atoms with Crippen molar-refractivity contribution in [3.63, 3.8) is 0 Å². The molecule has 1 saturated carbocycles. The SMILES string of the molecule is Nc1ccc(C2(C(=O)Nc3cccc(Cl)n3)CC2)cc1. The van der Waals surface area contributed by atoms with Gasteiger partial charge in [0.05, 0.1) is 5.41 Å². The van der Waals surface area contributed by atoms with Gasteiger partial charge < -0.3 is 11.1 Å². The first-order valence-corrected chi connectivity index (χ1v) is 6.78. The van der Waals surface area contributed by atoms with E-state index in [0.29, 0.717) is 16.7 Å². The van der Waals surface area contributed by atoms with E-state index in [1.165, 1.54) is 0 Å². The van der Waals surface area contributed by atoms with Crippen LogP contribution in [0, 0.1) is 0 Å². The molecule has 0 bridgehead atoms. The highest BCUT2D eigenvalue weighted by Gasteiger charge is 2.51. The number of nitrogens with one attached hydrogen (secondary N) is 1. The molecule has 1 aliphatic rings. The van der Waals surface area contributed by atoms with Gasteiger partial charge in [0.25, 0.3) is 0 Å². The van der Waals surface area contributed by atoms with Gasteiger partial charge in [-0.25, -0.2) is 4.98 Å². The summed E-state index contributed by atoms with van der Waals surface area (Å²) in [5.74, 6) is 0.432. The number of hydrogen-bond acceptors (Lipinski definition) is 3. The first kappa shape index (κ1) is 12.9. The number of aromatic nitrogens is 1. The van der Waals surface area contributed by atoms with Crippen molar-refractivity contribution in [2.24, 2.45) is 0 Å². The van der Waals surface area contributed by atoms with Gasteiger partial charge in [-0.2, -0.15) is 0 Å². The van der Waals surface area contributed by atoms with Crippen LogP contribution in [0.2, 0.25) is 5.15 Å². The maximum atomic E-state index is 12.5. The van der Waals surface area contributed by atoms with Gasteiger partial charge in [-0.05, 0) is 42.7 Å². The molecule has 0 aliphatic heterocycles. The first-order chi connectivity index (χ1) is 9.60. The number of anilines is 2. The molecule has 102 valence electrons. The zero-order valence-corrected chi connectivity index (χ0v) is 11.5. The van der Waals surface area contributed by atoms with Gasteiger partial charge in [0.2, 0.25) is 5.91 Å². The van der Waals surface area contributed by atoms with Crippen LogP contribution in [0.25, 0.3) is 0 Å². The van der Waals surface area contributed by atoms with Crippen LogP contribution in [-0.4, -0.2) is 10.9 Å². The van der Waals surface area contributed by atoms with Gasteiger partial charge in [0.1, 0.15) is 11.0 Å². The number of benzene rings is 1. The zero-order chi connectivity index (χ0) is 14.2. The summed E-state index contributed by atoms with van der Waals surface area (Å²) in [5.41, 5.74) is 6.92. The third-order valence-corrected chi connectivity index (χ3v) is 3.82. The Bertz CT molecular complexity index is 650. The molecule has 1 fully saturated rings. The molecular formula is C15H14ClN3O. The predicted octanol–water partition coefficient (Wildman–Crippen LogP) is 2.99. The topological polar surface area (TPSA) is 68.0 Å². The number of pyridine rings is 1. The Morgan fingerprint density at radius 1 is 1.20 bits per heavy atom. The molecule has 1 amide bonds. The molecule has 20 heavy (non-hydrogen) atoms. The summed E-state index contributed by atoms with van der Waals surface area (Å²) < 4.78 is 0. The van der Waals surface area contributed by atoms with Crippen molar-refractivity contribution in [1.82, 2.24) is 4.98 Å². The molecule has 0 spiro atoms. The minimum Gasteiger partial charge on any atom is -0.399 e. The Kier molecular flexibility index (Phi) is 3.10. The lowest BCUT2D eigenvalue weighted by atomic mass is 9.95. The van der Waals surface area contributed by atoms with Crippen LogP contribution in [-0.2, 0) is 10.2 Å². The Morgan fingerprint density at radius 3 is 2.50 bits per heavy atom. The normalized spacial score (nSPS) is 15.7. The van der Waals surface area contributed by atoms with Crippen molar-refractivity contribution in [3.05, 3.63) is 53.2 Å². The van der Waals surface area contributed by atoms with Crippen LogP contribution in [0.5, 0.6) is 0 Å². The molecule has 4 nitrogen and oxygen atoms in total. The highest BCUT2D eigenvalue weighted by Crippen LogP contribution is 2.49. The lowest BCUT2D eigenvalue weighted by Gasteiger charge is -2.15. The van der Waals surface area contributed by atoms with E-state index in [1.54, 1.807) is 18.2 Å². The van der Waals surface area contributed by atoms with E-state index in [9.17, 15) is 4.79 Å². The lowest BCUT2D eigenvalue weighted by molar-refractivity contribution is -0.118. The predicted molar refractivity (Wildman–Crippen MR) is 79.6 cm³/mol. The van der Waals surface area contributed by atoms with Gasteiger partial charge in [-0.3, -0.25) is 4.79 Å². The van der Waals surface area contributed by atoms with E-state index in [1.807, 2.05) is 24.3 Å². The highest BCUT2D eigenvalue weighted by atomic mass is 35.5. The van der Waals surface area contributed by atoms with E-state index < -0.39 is 5.41 Å². The van der Waals surface area contributed by atoms with Crippen LogP contribution in [0.1, 0.15) is 18.4 Å².